The smallest absolute Gasteiger partial charge is 0.234 e. The summed E-state index contributed by atoms with van der Waals surface area (Å²) in [6, 6.07) is 9.50. The zero-order valence-electron chi connectivity index (χ0n) is 18.3. The normalized spacial score (nSPS) is 26.2. The van der Waals surface area contributed by atoms with Crippen molar-refractivity contribution in [3.05, 3.63) is 47.9 Å². The standard InChI is InChI=1S/C24H32N2O5/c1-29-20-9-8-17(14-21(20)30-2)23-19-7-3-4-10-24(19,28)11-12-26(23)16-22(27)25-15-18-6-5-13-31-18/h5-6,8-9,13-14,19,23,28H,3-4,7,10-12,15-16H2,1-2H3,(H,25,27). The molecule has 2 aliphatic rings. The molecule has 0 bridgehead atoms. The maximum Gasteiger partial charge on any atom is 0.234 e. The summed E-state index contributed by atoms with van der Waals surface area (Å²) in [5, 5.41) is 14.4. The fourth-order valence-electron chi connectivity index (χ4n) is 5.24. The van der Waals surface area contributed by atoms with Crippen molar-refractivity contribution < 1.29 is 23.8 Å². The largest absolute Gasteiger partial charge is 0.493 e. The highest BCUT2D eigenvalue weighted by atomic mass is 16.5. The van der Waals surface area contributed by atoms with Crippen LogP contribution in [0.15, 0.2) is 41.0 Å². The van der Waals surface area contributed by atoms with Gasteiger partial charge in [-0.15, -0.1) is 0 Å². The Morgan fingerprint density at radius 3 is 2.81 bits per heavy atom. The average Bonchev–Trinajstić information content (AvgIpc) is 3.31. The molecule has 3 atom stereocenters. The number of carbonyl (C=O) groups is 1. The summed E-state index contributed by atoms with van der Waals surface area (Å²) in [7, 11) is 3.24. The first-order valence-corrected chi connectivity index (χ1v) is 11.0. The number of amides is 1. The molecule has 1 aromatic heterocycles. The number of fused-ring (bicyclic) bond motifs is 1. The molecule has 1 aliphatic carbocycles. The topological polar surface area (TPSA) is 84.2 Å². The zero-order chi connectivity index (χ0) is 21.8. The van der Waals surface area contributed by atoms with Gasteiger partial charge in [-0.3, -0.25) is 9.69 Å². The highest BCUT2D eigenvalue weighted by Gasteiger charge is 2.49. The van der Waals surface area contributed by atoms with Gasteiger partial charge in [0, 0.05) is 18.5 Å². The van der Waals surface area contributed by atoms with Crippen LogP contribution in [0.25, 0.3) is 0 Å². The minimum absolute atomic E-state index is 0.0527. The van der Waals surface area contributed by atoms with Gasteiger partial charge in [-0.2, -0.15) is 0 Å². The Kier molecular flexibility index (Phi) is 6.53. The van der Waals surface area contributed by atoms with Crippen LogP contribution in [-0.2, 0) is 11.3 Å². The molecule has 2 fully saturated rings. The summed E-state index contributed by atoms with van der Waals surface area (Å²) in [5.74, 6) is 2.08. The Morgan fingerprint density at radius 1 is 1.23 bits per heavy atom. The molecule has 7 nitrogen and oxygen atoms in total. The van der Waals surface area contributed by atoms with Crippen LogP contribution in [0, 0.1) is 5.92 Å². The number of hydrogen-bond donors (Lipinski definition) is 2. The minimum atomic E-state index is -0.683. The summed E-state index contributed by atoms with van der Waals surface area (Å²) in [5.41, 5.74) is 0.360. The van der Waals surface area contributed by atoms with E-state index in [2.05, 4.69) is 10.2 Å². The molecule has 1 aromatic carbocycles. The molecule has 3 unspecified atom stereocenters. The first-order chi connectivity index (χ1) is 15.0. The molecule has 4 rings (SSSR count). The molecule has 0 spiro atoms. The Bertz CT molecular complexity index is 884. The molecule has 7 heteroatoms. The van der Waals surface area contributed by atoms with Crippen molar-refractivity contribution in [2.24, 2.45) is 5.92 Å². The molecule has 2 N–H and O–H groups in total. The van der Waals surface area contributed by atoms with Gasteiger partial charge in [0.2, 0.25) is 5.91 Å². The number of furan rings is 1. The Morgan fingerprint density at radius 2 is 2.06 bits per heavy atom. The van der Waals surface area contributed by atoms with Crippen LogP contribution in [-0.4, -0.2) is 48.8 Å². The number of nitrogens with one attached hydrogen (secondary N) is 1. The van der Waals surface area contributed by atoms with Gasteiger partial charge < -0.3 is 24.3 Å². The second-order valence-corrected chi connectivity index (χ2v) is 8.59. The van der Waals surface area contributed by atoms with E-state index in [4.69, 9.17) is 13.9 Å². The van der Waals surface area contributed by atoms with Crippen LogP contribution in [0.5, 0.6) is 11.5 Å². The lowest BCUT2D eigenvalue weighted by atomic mass is 9.66. The number of methoxy groups -OCH3 is 2. The quantitative estimate of drug-likeness (QED) is 0.704. The first kappa shape index (κ1) is 21.7. The number of aliphatic hydroxyl groups is 1. The van der Waals surface area contributed by atoms with Crippen molar-refractivity contribution in [2.45, 2.75) is 50.3 Å². The van der Waals surface area contributed by atoms with Crippen LogP contribution in [0.3, 0.4) is 0 Å². The van der Waals surface area contributed by atoms with E-state index in [1.165, 1.54) is 0 Å². The fourth-order valence-corrected chi connectivity index (χ4v) is 5.24. The number of carbonyl (C=O) groups excluding carboxylic acids is 1. The summed E-state index contributed by atoms with van der Waals surface area (Å²) >= 11 is 0. The number of benzene rings is 1. The van der Waals surface area contributed by atoms with E-state index in [9.17, 15) is 9.90 Å². The van der Waals surface area contributed by atoms with Crippen molar-refractivity contribution in [1.82, 2.24) is 10.2 Å². The average molecular weight is 429 g/mol. The van der Waals surface area contributed by atoms with Crippen molar-refractivity contribution in [3.8, 4) is 11.5 Å². The number of ether oxygens (including phenoxy) is 2. The maximum atomic E-state index is 12.7. The number of nitrogens with zero attached hydrogens (tertiary/aromatic N) is 1. The SMILES string of the molecule is COc1ccc(C2C3CCCCC3(O)CCN2CC(=O)NCc2ccco2)cc1OC. The number of piperidine rings is 1. The summed E-state index contributed by atoms with van der Waals surface area (Å²) in [4.78, 5) is 14.9. The molecule has 1 saturated heterocycles. The number of likely N-dealkylation sites (tertiary alicyclic amines) is 1. The van der Waals surface area contributed by atoms with Crippen molar-refractivity contribution in [2.75, 3.05) is 27.3 Å². The molecule has 1 aliphatic heterocycles. The second kappa shape index (κ2) is 9.32. The van der Waals surface area contributed by atoms with Crippen LogP contribution in [0.1, 0.15) is 49.5 Å². The van der Waals surface area contributed by atoms with Crippen molar-refractivity contribution in [1.29, 1.82) is 0 Å². The highest BCUT2D eigenvalue weighted by Crippen LogP contribution is 2.50. The van der Waals surface area contributed by atoms with Gasteiger partial charge in [0.25, 0.3) is 0 Å². The third-order valence-corrected chi connectivity index (χ3v) is 6.81. The fraction of sp³-hybridized carbons (Fsp3) is 0.542. The lowest BCUT2D eigenvalue weighted by molar-refractivity contribution is -0.138. The predicted molar refractivity (Wildman–Crippen MR) is 116 cm³/mol. The molecule has 31 heavy (non-hydrogen) atoms. The van der Waals surface area contributed by atoms with E-state index in [1.54, 1.807) is 20.5 Å². The third kappa shape index (κ3) is 4.57. The molecular formula is C24H32N2O5. The van der Waals surface area contributed by atoms with Gasteiger partial charge in [-0.1, -0.05) is 18.9 Å². The minimum Gasteiger partial charge on any atom is -0.493 e. The predicted octanol–water partition coefficient (Wildman–Crippen LogP) is 3.28. The van der Waals surface area contributed by atoms with Gasteiger partial charge in [0.15, 0.2) is 11.5 Å². The van der Waals surface area contributed by atoms with Crippen molar-refractivity contribution in [3.63, 3.8) is 0 Å². The summed E-state index contributed by atoms with van der Waals surface area (Å²) in [6.45, 7) is 1.31. The Hall–Kier alpha value is -2.51. The van der Waals surface area contributed by atoms with Crippen LogP contribution < -0.4 is 14.8 Å². The van der Waals surface area contributed by atoms with E-state index in [1.807, 2.05) is 30.3 Å². The Balaban J connectivity index is 1.58. The van der Waals surface area contributed by atoms with Gasteiger partial charge in [-0.25, -0.2) is 0 Å². The number of rotatable bonds is 7. The van der Waals surface area contributed by atoms with E-state index in [0.29, 0.717) is 31.0 Å². The van der Waals surface area contributed by atoms with E-state index in [0.717, 1.165) is 37.0 Å². The van der Waals surface area contributed by atoms with Crippen LogP contribution in [0.4, 0.5) is 0 Å². The second-order valence-electron chi connectivity index (χ2n) is 8.59. The van der Waals surface area contributed by atoms with Crippen LogP contribution >= 0.6 is 0 Å². The molecule has 2 heterocycles. The molecular weight excluding hydrogens is 396 g/mol. The first-order valence-electron chi connectivity index (χ1n) is 11.0. The zero-order valence-corrected chi connectivity index (χ0v) is 18.3. The number of hydrogen-bond acceptors (Lipinski definition) is 6. The summed E-state index contributed by atoms with van der Waals surface area (Å²) < 4.78 is 16.2. The van der Waals surface area contributed by atoms with E-state index in [-0.39, 0.29) is 24.4 Å². The summed E-state index contributed by atoms with van der Waals surface area (Å²) in [6.07, 6.45) is 6.20. The molecule has 2 aromatic rings. The van der Waals surface area contributed by atoms with E-state index >= 15 is 0 Å². The Labute approximate surface area is 183 Å². The van der Waals surface area contributed by atoms with E-state index < -0.39 is 5.60 Å². The van der Waals surface area contributed by atoms with Gasteiger partial charge in [0.1, 0.15) is 5.76 Å². The van der Waals surface area contributed by atoms with Crippen LogP contribution in [0.2, 0.25) is 0 Å². The lowest BCUT2D eigenvalue weighted by Crippen LogP contribution is -2.56. The monoisotopic (exact) mass is 428 g/mol. The molecule has 168 valence electrons. The third-order valence-electron chi connectivity index (χ3n) is 6.81. The molecule has 1 amide bonds. The van der Waals surface area contributed by atoms with Gasteiger partial charge in [0.05, 0.1) is 39.2 Å². The highest BCUT2D eigenvalue weighted by molar-refractivity contribution is 5.78. The molecule has 1 saturated carbocycles. The lowest BCUT2D eigenvalue weighted by Gasteiger charge is -2.52. The van der Waals surface area contributed by atoms with Gasteiger partial charge >= 0.3 is 0 Å². The molecule has 0 radical (unpaired) electrons. The maximum absolute atomic E-state index is 12.7. The van der Waals surface area contributed by atoms with Crippen molar-refractivity contribution >= 4 is 5.91 Å². The van der Waals surface area contributed by atoms with Gasteiger partial charge in [-0.05, 0) is 49.1 Å².